The number of halogens is 1. The predicted molar refractivity (Wildman–Crippen MR) is 76.1 cm³/mol. The van der Waals surface area contributed by atoms with Gasteiger partial charge in [0.1, 0.15) is 18.7 Å². The number of hydrogen-bond donors (Lipinski definition) is 1. The lowest BCUT2D eigenvalue weighted by molar-refractivity contribution is -0.131. The summed E-state index contributed by atoms with van der Waals surface area (Å²) in [4.78, 5) is 14.7. The van der Waals surface area contributed by atoms with Gasteiger partial charge in [-0.25, -0.2) is 9.78 Å². The molecule has 1 N–H and O–H groups in total. The Bertz CT molecular complexity index is 652. The first-order valence-electron chi connectivity index (χ1n) is 5.73. The molecule has 2 aromatic rings. The molecule has 1 aromatic heterocycles. The molecule has 20 heavy (non-hydrogen) atoms. The van der Waals surface area contributed by atoms with Gasteiger partial charge in [-0.1, -0.05) is 12.1 Å². The van der Waals surface area contributed by atoms with Crippen molar-refractivity contribution in [2.75, 3.05) is 0 Å². The second-order valence-corrected chi connectivity index (χ2v) is 4.77. The molecule has 0 aliphatic rings. The predicted octanol–water partition coefficient (Wildman–Crippen LogP) is 2.25. The third-order valence-corrected chi connectivity index (χ3v) is 3.18. The van der Waals surface area contributed by atoms with Crippen molar-refractivity contribution in [2.24, 2.45) is 7.05 Å². The smallest absolute Gasteiger partial charge is 0.328 e. The summed E-state index contributed by atoms with van der Waals surface area (Å²) in [6.07, 6.45) is 4.00. The first-order valence-corrected chi connectivity index (χ1v) is 6.52. The van der Waals surface area contributed by atoms with Crippen LogP contribution in [0.3, 0.4) is 0 Å². The molecule has 0 atom stereocenters. The van der Waals surface area contributed by atoms with Crippen LogP contribution in [0.5, 0.6) is 5.75 Å². The number of para-hydroxylation sites is 1. The quantitative estimate of drug-likeness (QED) is 0.846. The number of benzene rings is 1. The van der Waals surface area contributed by atoms with Gasteiger partial charge in [-0.3, -0.25) is 4.68 Å². The largest absolute Gasteiger partial charge is 0.484 e. The maximum atomic E-state index is 10.6. The van der Waals surface area contributed by atoms with E-state index in [1.165, 1.54) is 12.4 Å². The highest BCUT2D eigenvalue weighted by atomic mass is 79.9. The lowest BCUT2D eigenvalue weighted by Gasteiger charge is -2.10. The highest BCUT2D eigenvalue weighted by molar-refractivity contribution is 9.10. The molecule has 2 rings (SSSR count). The number of carboxylic acids is 1. The van der Waals surface area contributed by atoms with Crippen molar-refractivity contribution in [3.63, 3.8) is 0 Å². The van der Waals surface area contributed by atoms with E-state index in [4.69, 9.17) is 9.84 Å². The van der Waals surface area contributed by atoms with E-state index in [0.717, 1.165) is 10.5 Å². The van der Waals surface area contributed by atoms with Crippen LogP contribution in [0.2, 0.25) is 0 Å². The van der Waals surface area contributed by atoms with Crippen LogP contribution in [0, 0.1) is 0 Å². The van der Waals surface area contributed by atoms with Gasteiger partial charge in [-0.2, -0.15) is 5.10 Å². The van der Waals surface area contributed by atoms with Crippen LogP contribution >= 0.6 is 15.9 Å². The highest BCUT2D eigenvalue weighted by Gasteiger charge is 2.08. The number of hydrogen-bond acceptors (Lipinski definition) is 4. The third kappa shape index (κ3) is 3.45. The Kier molecular flexibility index (Phi) is 4.52. The van der Waals surface area contributed by atoms with E-state index in [2.05, 4.69) is 26.0 Å². The van der Waals surface area contributed by atoms with Crippen molar-refractivity contribution in [2.45, 2.75) is 6.61 Å². The van der Waals surface area contributed by atoms with Gasteiger partial charge in [0.05, 0.1) is 4.47 Å². The van der Waals surface area contributed by atoms with Gasteiger partial charge in [0.2, 0.25) is 0 Å². The lowest BCUT2D eigenvalue weighted by atomic mass is 10.2. The molecule has 0 saturated carbocycles. The molecule has 0 amide bonds. The summed E-state index contributed by atoms with van der Waals surface area (Å²) in [7, 11) is 1.77. The average molecular weight is 338 g/mol. The van der Waals surface area contributed by atoms with Crippen LogP contribution in [-0.4, -0.2) is 25.8 Å². The number of aliphatic carboxylic acids is 1. The molecule has 6 nitrogen and oxygen atoms in total. The van der Waals surface area contributed by atoms with Crippen molar-refractivity contribution in [1.29, 1.82) is 0 Å². The zero-order valence-electron chi connectivity index (χ0n) is 10.7. The summed E-state index contributed by atoms with van der Waals surface area (Å²) in [6.45, 7) is 0.243. The minimum absolute atomic E-state index is 0.243. The van der Waals surface area contributed by atoms with Crippen LogP contribution in [0.1, 0.15) is 11.4 Å². The Morgan fingerprint density at radius 3 is 3.00 bits per heavy atom. The van der Waals surface area contributed by atoms with Crippen molar-refractivity contribution < 1.29 is 14.6 Å². The summed E-state index contributed by atoms with van der Waals surface area (Å²) in [5.41, 5.74) is 0.670. The Labute approximate surface area is 123 Å². The van der Waals surface area contributed by atoms with Gasteiger partial charge in [0.25, 0.3) is 0 Å². The minimum Gasteiger partial charge on any atom is -0.484 e. The second kappa shape index (κ2) is 6.33. The van der Waals surface area contributed by atoms with Crippen LogP contribution < -0.4 is 4.74 Å². The van der Waals surface area contributed by atoms with Gasteiger partial charge in [-0.05, 0) is 28.1 Å². The number of aromatic nitrogens is 3. The molecule has 0 aliphatic carbocycles. The Morgan fingerprint density at radius 2 is 2.35 bits per heavy atom. The van der Waals surface area contributed by atoms with Crippen LogP contribution in [-0.2, 0) is 18.4 Å². The lowest BCUT2D eigenvalue weighted by Crippen LogP contribution is -2.05. The standard InChI is InChI=1S/C13H12BrN3O3/c1-17-11(15-8-16-17)7-20-13-9(5-6-12(18)19)3-2-4-10(13)14/h2-6,8H,7H2,1H3,(H,18,19). The summed E-state index contributed by atoms with van der Waals surface area (Å²) in [6, 6.07) is 5.40. The molecule has 0 radical (unpaired) electrons. The maximum absolute atomic E-state index is 10.6. The first kappa shape index (κ1) is 14.3. The third-order valence-electron chi connectivity index (χ3n) is 2.55. The molecule has 104 valence electrons. The Hall–Kier alpha value is -2.15. The molecule has 1 aromatic carbocycles. The molecule has 1 heterocycles. The molecule has 7 heteroatoms. The second-order valence-electron chi connectivity index (χ2n) is 3.92. The SMILES string of the molecule is Cn1ncnc1COc1c(Br)cccc1C=CC(=O)O. The van der Waals surface area contributed by atoms with Gasteiger partial charge in [0.15, 0.2) is 5.82 Å². The Balaban J connectivity index is 2.22. The zero-order valence-corrected chi connectivity index (χ0v) is 12.2. The van der Waals surface area contributed by atoms with Crippen molar-refractivity contribution in [3.05, 3.63) is 46.5 Å². The van der Waals surface area contributed by atoms with Crippen LogP contribution in [0.4, 0.5) is 0 Å². The number of ether oxygens (including phenoxy) is 1. The zero-order chi connectivity index (χ0) is 14.5. The number of carbonyl (C=O) groups is 1. The summed E-state index contributed by atoms with van der Waals surface area (Å²) in [5.74, 6) is 0.228. The fourth-order valence-electron chi connectivity index (χ4n) is 1.56. The summed E-state index contributed by atoms with van der Waals surface area (Å²) in [5, 5.41) is 12.6. The molecule has 0 fully saturated rings. The topological polar surface area (TPSA) is 77.2 Å². The number of nitrogens with zero attached hydrogens (tertiary/aromatic N) is 3. The van der Waals surface area contributed by atoms with E-state index < -0.39 is 5.97 Å². The molecule has 0 unspecified atom stereocenters. The van der Waals surface area contributed by atoms with Crippen molar-refractivity contribution in [1.82, 2.24) is 14.8 Å². The van der Waals surface area contributed by atoms with E-state index in [0.29, 0.717) is 17.1 Å². The van der Waals surface area contributed by atoms with Gasteiger partial charge >= 0.3 is 5.97 Å². The van der Waals surface area contributed by atoms with E-state index in [9.17, 15) is 4.79 Å². The van der Waals surface area contributed by atoms with E-state index >= 15 is 0 Å². The molecular weight excluding hydrogens is 326 g/mol. The fraction of sp³-hybridized carbons (Fsp3) is 0.154. The van der Waals surface area contributed by atoms with E-state index in [1.54, 1.807) is 23.9 Å². The van der Waals surface area contributed by atoms with Crippen molar-refractivity contribution >= 4 is 28.0 Å². The highest BCUT2D eigenvalue weighted by Crippen LogP contribution is 2.30. The maximum Gasteiger partial charge on any atom is 0.328 e. The van der Waals surface area contributed by atoms with Gasteiger partial charge in [0, 0.05) is 18.7 Å². The average Bonchev–Trinajstić information content (AvgIpc) is 2.81. The van der Waals surface area contributed by atoms with Gasteiger partial charge in [-0.15, -0.1) is 0 Å². The van der Waals surface area contributed by atoms with E-state index in [-0.39, 0.29) is 6.61 Å². The molecule has 0 saturated heterocycles. The first-order chi connectivity index (χ1) is 9.58. The van der Waals surface area contributed by atoms with Gasteiger partial charge < -0.3 is 9.84 Å². The summed E-state index contributed by atoms with van der Waals surface area (Å²) < 4.78 is 8.07. The normalized spacial score (nSPS) is 10.9. The molecule has 0 spiro atoms. The minimum atomic E-state index is -1.01. The molecule has 0 bridgehead atoms. The fourth-order valence-corrected chi connectivity index (χ4v) is 2.05. The number of rotatable bonds is 5. The molecule has 0 aliphatic heterocycles. The number of carboxylic acid groups (broad SMARTS) is 1. The van der Waals surface area contributed by atoms with E-state index in [1.807, 2.05) is 6.07 Å². The van der Waals surface area contributed by atoms with Crippen LogP contribution in [0.15, 0.2) is 35.1 Å². The van der Waals surface area contributed by atoms with Crippen LogP contribution in [0.25, 0.3) is 6.08 Å². The monoisotopic (exact) mass is 337 g/mol. The Morgan fingerprint density at radius 1 is 1.55 bits per heavy atom. The molecular formula is C13H12BrN3O3. The van der Waals surface area contributed by atoms with Crippen molar-refractivity contribution in [3.8, 4) is 5.75 Å². The summed E-state index contributed by atoms with van der Waals surface area (Å²) >= 11 is 3.39. The number of aryl methyl sites for hydroxylation is 1.